The number of nitrogens with one attached hydrogen (secondary N) is 3. The topological polar surface area (TPSA) is 113 Å². The van der Waals surface area contributed by atoms with Gasteiger partial charge < -0.3 is 19.8 Å². The van der Waals surface area contributed by atoms with Crippen LogP contribution < -0.4 is 25.0 Å². The second-order valence-electron chi connectivity index (χ2n) is 10.5. The van der Waals surface area contributed by atoms with Crippen LogP contribution in [-0.2, 0) is 26.3 Å². The van der Waals surface area contributed by atoms with E-state index in [1.807, 2.05) is 54.7 Å². The van der Waals surface area contributed by atoms with Crippen LogP contribution >= 0.6 is 0 Å². The molecule has 9 nitrogen and oxygen atoms in total. The highest BCUT2D eigenvalue weighted by Gasteiger charge is 2.70. The quantitative estimate of drug-likeness (QED) is 0.358. The number of hydrogen-bond acceptors (Lipinski definition) is 6. The molecule has 8 rings (SSSR count). The third-order valence-corrected chi connectivity index (χ3v) is 8.52. The normalized spacial score (nSPS) is 26.8. The van der Waals surface area contributed by atoms with Crippen molar-refractivity contribution in [2.45, 2.75) is 18.0 Å². The number of hydrogen-bond donors (Lipinski definition) is 3. The molecule has 0 aliphatic carbocycles. The lowest BCUT2D eigenvalue weighted by molar-refractivity contribution is -0.130. The number of carbonyl (C=O) groups is 3. The summed E-state index contributed by atoms with van der Waals surface area (Å²) in [6.07, 6.45) is 2.41. The molecular formula is C30H24N4O5. The lowest BCUT2D eigenvalue weighted by Gasteiger charge is -2.29. The molecule has 5 heterocycles. The Morgan fingerprint density at radius 3 is 2.59 bits per heavy atom. The molecule has 0 radical (unpaired) electrons. The molecule has 1 spiro atoms. The molecule has 3 amide bonds. The summed E-state index contributed by atoms with van der Waals surface area (Å²) in [5, 5.41) is 7.53. The molecule has 2 saturated heterocycles. The zero-order chi connectivity index (χ0) is 26.3. The average Bonchev–Trinajstić information content (AvgIpc) is 3.67. The van der Waals surface area contributed by atoms with Crippen LogP contribution in [0.4, 0.5) is 11.4 Å². The summed E-state index contributed by atoms with van der Waals surface area (Å²) in [5.74, 6) is -1.62. The summed E-state index contributed by atoms with van der Waals surface area (Å²) in [6, 6.07) is 20.0. The number of nitrogens with zero attached hydrogens (tertiary/aromatic N) is 1. The van der Waals surface area contributed by atoms with Gasteiger partial charge in [0, 0.05) is 40.5 Å². The van der Waals surface area contributed by atoms with Gasteiger partial charge in [0.1, 0.15) is 18.8 Å². The van der Waals surface area contributed by atoms with Crippen molar-refractivity contribution in [3.05, 3.63) is 84.1 Å². The third-order valence-electron chi connectivity index (χ3n) is 8.52. The maximum atomic E-state index is 14.2. The summed E-state index contributed by atoms with van der Waals surface area (Å²) in [7, 11) is 0. The minimum absolute atomic E-state index is 0.315. The Morgan fingerprint density at radius 1 is 0.897 bits per heavy atom. The predicted octanol–water partition coefficient (Wildman–Crippen LogP) is 3.11. The molecule has 3 N–H and O–H groups in total. The Morgan fingerprint density at radius 2 is 1.69 bits per heavy atom. The third kappa shape index (κ3) is 2.96. The van der Waals surface area contributed by atoms with Gasteiger partial charge in [0.15, 0.2) is 11.5 Å². The molecule has 2 fully saturated rings. The van der Waals surface area contributed by atoms with Crippen molar-refractivity contribution >= 4 is 40.0 Å². The van der Waals surface area contributed by atoms with Gasteiger partial charge in [-0.15, -0.1) is 0 Å². The lowest BCUT2D eigenvalue weighted by atomic mass is 9.76. The first-order chi connectivity index (χ1) is 19.1. The molecule has 4 aliphatic rings. The van der Waals surface area contributed by atoms with Crippen LogP contribution in [0, 0.1) is 11.8 Å². The first-order valence-electron chi connectivity index (χ1n) is 13.1. The smallest absolute Gasteiger partial charge is 0.250 e. The highest BCUT2D eigenvalue weighted by atomic mass is 16.6. The molecule has 4 atom stereocenters. The minimum atomic E-state index is -1.35. The largest absolute Gasteiger partial charge is 0.486 e. The average molecular weight is 521 g/mol. The van der Waals surface area contributed by atoms with Crippen LogP contribution in [0.15, 0.2) is 72.9 Å². The fourth-order valence-electron chi connectivity index (χ4n) is 6.90. The number of carbonyl (C=O) groups excluding carboxylic acids is 3. The molecule has 194 valence electrons. The van der Waals surface area contributed by atoms with Crippen molar-refractivity contribution in [3.63, 3.8) is 0 Å². The van der Waals surface area contributed by atoms with E-state index < -0.39 is 29.3 Å². The second-order valence-corrected chi connectivity index (χ2v) is 10.5. The van der Waals surface area contributed by atoms with E-state index >= 15 is 0 Å². The minimum Gasteiger partial charge on any atom is -0.486 e. The van der Waals surface area contributed by atoms with E-state index in [2.05, 4.69) is 15.6 Å². The number of para-hydroxylation sites is 2. The number of amides is 3. The summed E-state index contributed by atoms with van der Waals surface area (Å²) >= 11 is 0. The zero-order valence-corrected chi connectivity index (χ0v) is 20.8. The van der Waals surface area contributed by atoms with E-state index in [1.165, 1.54) is 4.90 Å². The number of aromatic amines is 1. The molecule has 1 aromatic heterocycles. The van der Waals surface area contributed by atoms with Crippen LogP contribution in [0.1, 0.15) is 11.1 Å². The first-order valence-corrected chi connectivity index (χ1v) is 13.1. The van der Waals surface area contributed by atoms with Gasteiger partial charge in [0.05, 0.1) is 17.5 Å². The van der Waals surface area contributed by atoms with E-state index in [0.717, 1.165) is 16.5 Å². The standard InChI is InChI=1S/C30H24N4O5/c35-27-25-22(13-16-15-31-20-7-3-1-5-18(16)20)33-30(19-6-2-4-8-21(19)32-29(30)37)26(25)28(36)34(27)17-9-10-23-24(14-17)39-12-11-38-23/h1-10,14-15,22,25-26,31,33H,11-13H2,(H,32,37). The van der Waals surface area contributed by atoms with E-state index in [9.17, 15) is 14.4 Å². The van der Waals surface area contributed by atoms with Crippen molar-refractivity contribution in [2.75, 3.05) is 23.4 Å². The molecule has 3 aromatic carbocycles. The Hall–Kier alpha value is -4.63. The van der Waals surface area contributed by atoms with Crippen molar-refractivity contribution in [1.82, 2.24) is 10.3 Å². The monoisotopic (exact) mass is 520 g/mol. The number of H-pyrrole nitrogens is 1. The lowest BCUT2D eigenvalue weighted by Crippen LogP contribution is -2.53. The Labute approximate surface area is 223 Å². The molecule has 4 aliphatic heterocycles. The van der Waals surface area contributed by atoms with Gasteiger partial charge in [-0.05, 0) is 36.2 Å². The fourth-order valence-corrected chi connectivity index (χ4v) is 6.90. The number of imide groups is 1. The van der Waals surface area contributed by atoms with E-state index in [0.29, 0.717) is 48.1 Å². The molecular weight excluding hydrogens is 496 g/mol. The highest BCUT2D eigenvalue weighted by Crippen LogP contribution is 2.54. The van der Waals surface area contributed by atoms with Gasteiger partial charge in [-0.3, -0.25) is 19.7 Å². The summed E-state index contributed by atoms with van der Waals surface area (Å²) in [6.45, 7) is 0.830. The Bertz CT molecular complexity index is 1710. The zero-order valence-electron chi connectivity index (χ0n) is 20.8. The van der Waals surface area contributed by atoms with Crippen LogP contribution in [-0.4, -0.2) is 42.0 Å². The van der Waals surface area contributed by atoms with Gasteiger partial charge in [-0.2, -0.15) is 0 Å². The predicted molar refractivity (Wildman–Crippen MR) is 143 cm³/mol. The first kappa shape index (κ1) is 22.4. The van der Waals surface area contributed by atoms with Gasteiger partial charge in [-0.1, -0.05) is 36.4 Å². The maximum Gasteiger partial charge on any atom is 0.250 e. The second kappa shape index (κ2) is 7.94. The van der Waals surface area contributed by atoms with Gasteiger partial charge >= 0.3 is 0 Å². The molecule has 0 saturated carbocycles. The van der Waals surface area contributed by atoms with Crippen LogP contribution in [0.25, 0.3) is 10.9 Å². The summed E-state index contributed by atoms with van der Waals surface area (Å²) < 4.78 is 11.4. The molecule has 0 bridgehead atoms. The highest BCUT2D eigenvalue weighted by molar-refractivity contribution is 6.26. The van der Waals surface area contributed by atoms with Crippen molar-refractivity contribution < 1.29 is 23.9 Å². The number of fused-ring (bicyclic) bond motifs is 6. The molecule has 4 unspecified atom stereocenters. The Balaban J connectivity index is 1.26. The van der Waals surface area contributed by atoms with Gasteiger partial charge in [-0.25, -0.2) is 4.90 Å². The summed E-state index contributed by atoms with van der Waals surface area (Å²) in [4.78, 5) is 46.7. The molecule has 9 heteroatoms. The summed E-state index contributed by atoms with van der Waals surface area (Å²) in [5.41, 5.74) is 2.41. The number of aromatic nitrogens is 1. The van der Waals surface area contributed by atoms with Crippen LogP contribution in [0.2, 0.25) is 0 Å². The van der Waals surface area contributed by atoms with Crippen molar-refractivity contribution in [3.8, 4) is 11.5 Å². The van der Waals surface area contributed by atoms with Crippen molar-refractivity contribution in [1.29, 1.82) is 0 Å². The van der Waals surface area contributed by atoms with Crippen molar-refractivity contribution in [2.24, 2.45) is 11.8 Å². The molecule has 4 aromatic rings. The number of rotatable bonds is 3. The van der Waals surface area contributed by atoms with Crippen LogP contribution in [0.3, 0.4) is 0 Å². The maximum absolute atomic E-state index is 14.2. The number of anilines is 2. The Kier molecular flexibility index (Phi) is 4.55. The number of benzene rings is 3. The SMILES string of the molecule is O=C1C2C(Cc3c[nH]c4ccccc34)NC3(C(=O)Nc4ccccc43)C2C(=O)N1c1ccc2c(c1)OCCO2. The van der Waals surface area contributed by atoms with Gasteiger partial charge in [0.25, 0.3) is 0 Å². The van der Waals surface area contributed by atoms with Crippen LogP contribution in [0.5, 0.6) is 11.5 Å². The fraction of sp³-hybridized carbons (Fsp3) is 0.233. The number of ether oxygens (including phenoxy) is 2. The van der Waals surface area contributed by atoms with E-state index in [4.69, 9.17) is 9.47 Å². The molecule has 39 heavy (non-hydrogen) atoms. The van der Waals surface area contributed by atoms with E-state index in [1.54, 1.807) is 18.2 Å². The van der Waals surface area contributed by atoms with Gasteiger partial charge in [0.2, 0.25) is 17.7 Å². The van der Waals surface area contributed by atoms with E-state index in [-0.39, 0.29) is 11.8 Å².